The van der Waals surface area contributed by atoms with Crippen LogP contribution in [-0.4, -0.2) is 19.6 Å². The van der Waals surface area contributed by atoms with Crippen LogP contribution in [-0.2, 0) is 6.42 Å². The van der Waals surface area contributed by atoms with Crippen LogP contribution in [0, 0.1) is 0 Å². The zero-order chi connectivity index (χ0) is 13.7. The van der Waals surface area contributed by atoms with E-state index in [-0.39, 0.29) is 5.91 Å². The lowest BCUT2D eigenvalue weighted by Gasteiger charge is -2.07. The fourth-order valence-electron chi connectivity index (χ4n) is 1.73. The molecule has 4 nitrogen and oxygen atoms in total. The van der Waals surface area contributed by atoms with Gasteiger partial charge in [-0.05, 0) is 40.9 Å². The van der Waals surface area contributed by atoms with Crippen molar-refractivity contribution in [3.05, 3.63) is 46.2 Å². The van der Waals surface area contributed by atoms with Crippen LogP contribution in [0.15, 0.2) is 35.0 Å². The Morgan fingerprint density at radius 3 is 2.95 bits per heavy atom. The summed E-state index contributed by atoms with van der Waals surface area (Å²) >= 11 is 1.66. The smallest absolute Gasteiger partial charge is 0.251 e. The number of nitrogen functional groups attached to an aromatic ring is 1. The highest BCUT2D eigenvalue weighted by molar-refractivity contribution is 7.07. The van der Waals surface area contributed by atoms with E-state index in [4.69, 9.17) is 10.5 Å². The van der Waals surface area contributed by atoms with Gasteiger partial charge < -0.3 is 15.8 Å². The predicted molar refractivity (Wildman–Crippen MR) is 77.8 cm³/mol. The number of carbonyl (C=O) groups is 1. The number of methoxy groups -OCH3 is 1. The van der Waals surface area contributed by atoms with Gasteiger partial charge in [0.25, 0.3) is 5.91 Å². The normalized spacial score (nSPS) is 10.2. The molecule has 1 heterocycles. The van der Waals surface area contributed by atoms with Crippen LogP contribution in [0.3, 0.4) is 0 Å². The summed E-state index contributed by atoms with van der Waals surface area (Å²) in [4.78, 5) is 12.0. The molecule has 3 N–H and O–H groups in total. The quantitative estimate of drug-likeness (QED) is 0.824. The van der Waals surface area contributed by atoms with E-state index in [9.17, 15) is 4.79 Å². The van der Waals surface area contributed by atoms with Crippen LogP contribution in [0.25, 0.3) is 0 Å². The number of hydrogen-bond donors (Lipinski definition) is 2. The number of nitrogens with one attached hydrogen (secondary N) is 1. The first-order chi connectivity index (χ1) is 9.19. The molecule has 19 heavy (non-hydrogen) atoms. The highest BCUT2D eigenvalue weighted by atomic mass is 32.1. The summed E-state index contributed by atoms with van der Waals surface area (Å²) in [6.45, 7) is 0.604. The van der Waals surface area contributed by atoms with Gasteiger partial charge in [0.1, 0.15) is 5.75 Å². The maximum absolute atomic E-state index is 12.0. The Bertz CT molecular complexity index is 553. The monoisotopic (exact) mass is 276 g/mol. The van der Waals surface area contributed by atoms with E-state index in [1.807, 2.05) is 5.38 Å². The predicted octanol–water partition coefficient (Wildman–Crippen LogP) is 2.31. The number of nitrogens with two attached hydrogens (primary N) is 1. The second-order valence-electron chi connectivity index (χ2n) is 4.13. The summed E-state index contributed by atoms with van der Waals surface area (Å²) < 4.78 is 5.09. The maximum atomic E-state index is 12.0. The number of rotatable bonds is 5. The fraction of sp³-hybridized carbons (Fsp3) is 0.214. The van der Waals surface area contributed by atoms with Gasteiger partial charge in [-0.3, -0.25) is 4.79 Å². The molecule has 0 radical (unpaired) electrons. The van der Waals surface area contributed by atoms with Crippen LogP contribution < -0.4 is 15.8 Å². The summed E-state index contributed by atoms with van der Waals surface area (Å²) in [5.41, 5.74) is 7.98. The molecule has 2 aromatic rings. The van der Waals surface area contributed by atoms with Crippen LogP contribution in [0.2, 0.25) is 0 Å². The average Bonchev–Trinajstić information content (AvgIpc) is 2.91. The van der Waals surface area contributed by atoms with Gasteiger partial charge in [0.05, 0.1) is 7.11 Å². The first-order valence-electron chi connectivity index (χ1n) is 5.93. The third kappa shape index (κ3) is 3.72. The Morgan fingerprint density at radius 2 is 2.26 bits per heavy atom. The van der Waals surface area contributed by atoms with Crippen LogP contribution in [0.1, 0.15) is 15.9 Å². The highest BCUT2D eigenvalue weighted by Gasteiger charge is 2.08. The molecule has 0 saturated carbocycles. The SMILES string of the molecule is COc1cc(N)cc(C(=O)NCCc2ccsc2)c1. The number of hydrogen-bond acceptors (Lipinski definition) is 4. The van der Waals surface area contributed by atoms with Gasteiger partial charge in [-0.25, -0.2) is 0 Å². The van der Waals surface area contributed by atoms with E-state index in [1.54, 1.807) is 36.6 Å². The number of carbonyl (C=O) groups excluding carboxylic acids is 1. The Hall–Kier alpha value is -2.01. The van der Waals surface area contributed by atoms with Crippen molar-refractivity contribution in [2.45, 2.75) is 6.42 Å². The number of ether oxygens (including phenoxy) is 1. The molecule has 0 aliphatic rings. The van der Waals surface area contributed by atoms with Gasteiger partial charge in [-0.15, -0.1) is 0 Å². The van der Waals surface area contributed by atoms with Crippen molar-refractivity contribution in [1.29, 1.82) is 0 Å². The third-order valence-electron chi connectivity index (χ3n) is 2.71. The highest BCUT2D eigenvalue weighted by Crippen LogP contribution is 2.18. The Kier molecular flexibility index (Phi) is 4.41. The van der Waals surface area contributed by atoms with Crippen molar-refractivity contribution in [2.24, 2.45) is 0 Å². The molecule has 5 heteroatoms. The molecular formula is C14H16N2O2S. The molecule has 0 unspecified atom stereocenters. The molecule has 0 fully saturated rings. The minimum atomic E-state index is -0.138. The lowest BCUT2D eigenvalue weighted by Crippen LogP contribution is -2.25. The van der Waals surface area contributed by atoms with Crippen molar-refractivity contribution < 1.29 is 9.53 Å². The molecule has 2 rings (SSSR count). The Balaban J connectivity index is 1.94. The maximum Gasteiger partial charge on any atom is 0.251 e. The Labute approximate surface area is 116 Å². The molecule has 100 valence electrons. The minimum absolute atomic E-state index is 0.138. The molecule has 0 atom stereocenters. The lowest BCUT2D eigenvalue weighted by molar-refractivity contribution is 0.0954. The molecule has 0 spiro atoms. The molecule has 0 saturated heterocycles. The van der Waals surface area contributed by atoms with E-state index in [2.05, 4.69) is 16.8 Å². The largest absolute Gasteiger partial charge is 0.497 e. The zero-order valence-corrected chi connectivity index (χ0v) is 11.5. The van der Waals surface area contributed by atoms with E-state index in [1.165, 1.54) is 5.56 Å². The van der Waals surface area contributed by atoms with Crippen molar-refractivity contribution in [1.82, 2.24) is 5.32 Å². The number of thiophene rings is 1. The molecule has 1 amide bonds. The second-order valence-corrected chi connectivity index (χ2v) is 4.91. The number of anilines is 1. The summed E-state index contributed by atoms with van der Waals surface area (Å²) in [5.74, 6) is 0.448. The second kappa shape index (κ2) is 6.24. The number of benzene rings is 1. The number of amides is 1. The molecular weight excluding hydrogens is 260 g/mol. The van der Waals surface area contributed by atoms with Gasteiger partial charge in [-0.2, -0.15) is 11.3 Å². The van der Waals surface area contributed by atoms with E-state index < -0.39 is 0 Å². The van der Waals surface area contributed by atoms with Gasteiger partial charge in [-0.1, -0.05) is 0 Å². The third-order valence-corrected chi connectivity index (χ3v) is 3.44. The molecule has 0 aliphatic carbocycles. The van der Waals surface area contributed by atoms with Gasteiger partial charge in [0.15, 0.2) is 0 Å². The van der Waals surface area contributed by atoms with Crippen LogP contribution in [0.5, 0.6) is 5.75 Å². The van der Waals surface area contributed by atoms with Gasteiger partial charge in [0, 0.05) is 23.9 Å². The van der Waals surface area contributed by atoms with Crippen molar-refractivity contribution >= 4 is 22.9 Å². The van der Waals surface area contributed by atoms with Crippen molar-refractivity contribution in [3.8, 4) is 5.75 Å². The van der Waals surface area contributed by atoms with Crippen molar-refractivity contribution in [3.63, 3.8) is 0 Å². The first-order valence-corrected chi connectivity index (χ1v) is 6.87. The van der Waals surface area contributed by atoms with Crippen LogP contribution in [0.4, 0.5) is 5.69 Å². The summed E-state index contributed by atoms with van der Waals surface area (Å²) in [6, 6.07) is 7.06. The first kappa shape index (κ1) is 13.4. The van der Waals surface area contributed by atoms with E-state index >= 15 is 0 Å². The van der Waals surface area contributed by atoms with E-state index in [0.717, 1.165) is 6.42 Å². The average molecular weight is 276 g/mol. The Morgan fingerprint density at radius 1 is 1.42 bits per heavy atom. The summed E-state index contributed by atoms with van der Waals surface area (Å²) in [5, 5.41) is 6.98. The van der Waals surface area contributed by atoms with Gasteiger partial charge in [0.2, 0.25) is 0 Å². The zero-order valence-electron chi connectivity index (χ0n) is 10.7. The summed E-state index contributed by atoms with van der Waals surface area (Å²) in [6.07, 6.45) is 0.828. The van der Waals surface area contributed by atoms with Crippen molar-refractivity contribution in [2.75, 3.05) is 19.4 Å². The lowest BCUT2D eigenvalue weighted by atomic mass is 10.1. The topological polar surface area (TPSA) is 64.3 Å². The van der Waals surface area contributed by atoms with Crippen LogP contribution >= 0.6 is 11.3 Å². The molecule has 1 aromatic heterocycles. The standard InChI is InChI=1S/C14H16N2O2S/c1-18-13-7-11(6-12(15)8-13)14(17)16-4-2-10-3-5-19-9-10/h3,5-9H,2,4,15H2,1H3,(H,16,17). The fourth-order valence-corrected chi connectivity index (χ4v) is 2.43. The molecule has 0 aliphatic heterocycles. The molecule has 0 bridgehead atoms. The van der Waals surface area contributed by atoms with E-state index in [0.29, 0.717) is 23.5 Å². The van der Waals surface area contributed by atoms with Gasteiger partial charge >= 0.3 is 0 Å². The molecule has 1 aromatic carbocycles. The summed E-state index contributed by atoms with van der Waals surface area (Å²) in [7, 11) is 1.55. The minimum Gasteiger partial charge on any atom is -0.497 e.